The van der Waals surface area contributed by atoms with Crippen molar-refractivity contribution >= 4 is 11.6 Å². The van der Waals surface area contributed by atoms with Gasteiger partial charge in [0.1, 0.15) is 0 Å². The standard InChI is InChI=1S/C9H14N4O3/c1-11-7-10-8(13(14)15)9(11)12-3-2-5-16-6-4-12/h7H,2-6H2,1H3. The second kappa shape index (κ2) is 4.48. The van der Waals surface area contributed by atoms with Crippen LogP contribution in [0.4, 0.5) is 11.6 Å². The van der Waals surface area contributed by atoms with Gasteiger partial charge < -0.3 is 19.8 Å². The molecule has 0 saturated carbocycles. The molecule has 0 spiro atoms. The summed E-state index contributed by atoms with van der Waals surface area (Å²) in [4.78, 5) is 16.2. The molecule has 7 nitrogen and oxygen atoms in total. The van der Waals surface area contributed by atoms with E-state index in [0.29, 0.717) is 25.6 Å². The van der Waals surface area contributed by atoms with E-state index in [1.54, 1.807) is 11.6 Å². The van der Waals surface area contributed by atoms with Crippen LogP contribution in [0.1, 0.15) is 6.42 Å². The van der Waals surface area contributed by atoms with Crippen molar-refractivity contribution in [1.82, 2.24) is 9.55 Å². The van der Waals surface area contributed by atoms with Gasteiger partial charge in [-0.3, -0.25) is 4.57 Å². The van der Waals surface area contributed by atoms with Crippen LogP contribution in [-0.4, -0.2) is 40.8 Å². The van der Waals surface area contributed by atoms with E-state index in [1.807, 2.05) is 4.90 Å². The highest BCUT2D eigenvalue weighted by atomic mass is 16.6. The van der Waals surface area contributed by atoms with Crippen LogP contribution in [0.15, 0.2) is 6.33 Å². The number of hydrogen-bond donors (Lipinski definition) is 0. The quantitative estimate of drug-likeness (QED) is 0.544. The molecule has 0 radical (unpaired) electrons. The second-order valence-corrected chi connectivity index (χ2v) is 3.71. The predicted molar refractivity (Wildman–Crippen MR) is 57.5 cm³/mol. The third kappa shape index (κ3) is 1.99. The zero-order chi connectivity index (χ0) is 11.5. The SMILES string of the molecule is Cn1cnc([N+](=O)[O-])c1N1CCCOCC1. The van der Waals surface area contributed by atoms with Crippen molar-refractivity contribution in [3.8, 4) is 0 Å². The smallest absolute Gasteiger partial charge is 0.380 e. The summed E-state index contributed by atoms with van der Waals surface area (Å²) in [6, 6.07) is 0. The summed E-state index contributed by atoms with van der Waals surface area (Å²) in [7, 11) is 1.76. The Morgan fingerprint density at radius 3 is 3.06 bits per heavy atom. The van der Waals surface area contributed by atoms with Gasteiger partial charge in [0.05, 0.1) is 6.61 Å². The molecular formula is C9H14N4O3. The van der Waals surface area contributed by atoms with Crippen LogP contribution in [0.5, 0.6) is 0 Å². The number of nitrogens with zero attached hydrogens (tertiary/aromatic N) is 4. The first-order chi connectivity index (χ1) is 7.70. The minimum atomic E-state index is -0.443. The molecule has 1 aromatic rings. The molecule has 0 aromatic carbocycles. The lowest BCUT2D eigenvalue weighted by molar-refractivity contribution is -0.388. The number of anilines is 1. The van der Waals surface area contributed by atoms with Gasteiger partial charge in [-0.1, -0.05) is 0 Å². The summed E-state index contributed by atoms with van der Waals surface area (Å²) >= 11 is 0. The van der Waals surface area contributed by atoms with Gasteiger partial charge in [0, 0.05) is 26.7 Å². The fourth-order valence-electron chi connectivity index (χ4n) is 1.86. The van der Waals surface area contributed by atoms with Crippen LogP contribution in [0.3, 0.4) is 0 Å². The zero-order valence-electron chi connectivity index (χ0n) is 9.13. The molecule has 1 saturated heterocycles. The molecule has 1 aliphatic heterocycles. The number of aromatic nitrogens is 2. The summed E-state index contributed by atoms with van der Waals surface area (Å²) in [6.45, 7) is 2.74. The molecule has 0 bridgehead atoms. The van der Waals surface area contributed by atoms with E-state index in [2.05, 4.69) is 4.98 Å². The lowest BCUT2D eigenvalue weighted by atomic mass is 10.4. The van der Waals surface area contributed by atoms with Crippen LogP contribution >= 0.6 is 0 Å². The van der Waals surface area contributed by atoms with Crippen molar-refractivity contribution in [2.45, 2.75) is 6.42 Å². The topological polar surface area (TPSA) is 73.4 Å². The van der Waals surface area contributed by atoms with Crippen LogP contribution < -0.4 is 4.90 Å². The lowest BCUT2D eigenvalue weighted by Crippen LogP contribution is -2.28. The highest BCUT2D eigenvalue weighted by molar-refractivity contribution is 5.54. The molecule has 1 aliphatic rings. The number of nitro groups is 1. The van der Waals surface area contributed by atoms with Gasteiger partial charge in [0.15, 0.2) is 0 Å². The van der Waals surface area contributed by atoms with E-state index < -0.39 is 4.92 Å². The number of ether oxygens (including phenoxy) is 1. The molecule has 2 heterocycles. The summed E-state index contributed by atoms with van der Waals surface area (Å²) in [6.07, 6.45) is 2.35. The summed E-state index contributed by atoms with van der Waals surface area (Å²) in [5.74, 6) is 0.486. The maximum absolute atomic E-state index is 10.8. The summed E-state index contributed by atoms with van der Waals surface area (Å²) in [5.41, 5.74) is 0. The normalized spacial score (nSPS) is 17.2. The van der Waals surface area contributed by atoms with E-state index in [1.165, 1.54) is 6.33 Å². The Bertz CT molecular complexity index is 382. The van der Waals surface area contributed by atoms with E-state index in [4.69, 9.17) is 4.74 Å². The van der Waals surface area contributed by atoms with Gasteiger partial charge in [0.25, 0.3) is 0 Å². The molecule has 2 rings (SSSR count). The van der Waals surface area contributed by atoms with Gasteiger partial charge in [-0.25, -0.2) is 0 Å². The summed E-state index contributed by atoms with van der Waals surface area (Å²) < 4.78 is 7.01. The Hall–Kier alpha value is -1.63. The van der Waals surface area contributed by atoms with Crippen molar-refractivity contribution in [1.29, 1.82) is 0 Å². The monoisotopic (exact) mass is 226 g/mol. The predicted octanol–water partition coefficient (Wildman–Crippen LogP) is 0.555. The van der Waals surface area contributed by atoms with Crippen LogP contribution in [0, 0.1) is 10.1 Å². The van der Waals surface area contributed by atoms with Gasteiger partial charge in [-0.2, -0.15) is 0 Å². The molecule has 88 valence electrons. The summed E-state index contributed by atoms with van der Waals surface area (Å²) in [5, 5.41) is 10.8. The van der Waals surface area contributed by atoms with Crippen LogP contribution in [0.25, 0.3) is 0 Å². The fraction of sp³-hybridized carbons (Fsp3) is 0.667. The maximum atomic E-state index is 10.8. The third-order valence-corrected chi connectivity index (χ3v) is 2.58. The number of imidazole rings is 1. The Morgan fingerprint density at radius 1 is 1.50 bits per heavy atom. The van der Waals surface area contributed by atoms with Crippen LogP contribution in [-0.2, 0) is 11.8 Å². The van der Waals surface area contributed by atoms with Crippen molar-refractivity contribution in [2.75, 3.05) is 31.2 Å². The molecule has 0 amide bonds. The van der Waals surface area contributed by atoms with Gasteiger partial charge in [-0.15, -0.1) is 0 Å². The van der Waals surface area contributed by atoms with Crippen LogP contribution in [0.2, 0.25) is 0 Å². The molecule has 0 aliphatic carbocycles. The molecule has 0 unspecified atom stereocenters. The van der Waals surface area contributed by atoms with Gasteiger partial charge in [0.2, 0.25) is 12.1 Å². The largest absolute Gasteiger partial charge is 0.406 e. The van der Waals surface area contributed by atoms with E-state index in [9.17, 15) is 10.1 Å². The average molecular weight is 226 g/mol. The molecule has 1 fully saturated rings. The number of hydrogen-bond acceptors (Lipinski definition) is 5. The average Bonchev–Trinajstić information content (AvgIpc) is 2.50. The highest BCUT2D eigenvalue weighted by Gasteiger charge is 2.25. The fourth-order valence-corrected chi connectivity index (χ4v) is 1.86. The van der Waals surface area contributed by atoms with E-state index in [0.717, 1.165) is 13.0 Å². The molecule has 0 atom stereocenters. The molecule has 7 heteroatoms. The highest BCUT2D eigenvalue weighted by Crippen LogP contribution is 2.26. The molecular weight excluding hydrogens is 212 g/mol. The zero-order valence-corrected chi connectivity index (χ0v) is 9.13. The Labute approximate surface area is 92.8 Å². The van der Waals surface area contributed by atoms with Gasteiger partial charge in [-0.05, 0) is 16.3 Å². The lowest BCUT2D eigenvalue weighted by Gasteiger charge is -2.20. The maximum Gasteiger partial charge on any atom is 0.406 e. The van der Waals surface area contributed by atoms with Crippen molar-refractivity contribution in [3.05, 3.63) is 16.4 Å². The first kappa shape index (κ1) is 10.9. The number of aryl methyl sites for hydroxylation is 1. The first-order valence-electron chi connectivity index (χ1n) is 5.18. The first-order valence-corrected chi connectivity index (χ1v) is 5.18. The minimum absolute atomic E-state index is 0.0793. The third-order valence-electron chi connectivity index (χ3n) is 2.58. The molecule has 16 heavy (non-hydrogen) atoms. The van der Waals surface area contributed by atoms with Crippen molar-refractivity contribution < 1.29 is 9.66 Å². The molecule has 0 N–H and O–H groups in total. The van der Waals surface area contributed by atoms with Crippen molar-refractivity contribution in [3.63, 3.8) is 0 Å². The van der Waals surface area contributed by atoms with Crippen molar-refractivity contribution in [2.24, 2.45) is 7.05 Å². The number of rotatable bonds is 2. The Morgan fingerprint density at radius 2 is 2.31 bits per heavy atom. The Kier molecular flexibility index (Phi) is 3.04. The second-order valence-electron chi connectivity index (χ2n) is 3.71. The van der Waals surface area contributed by atoms with Gasteiger partial charge >= 0.3 is 5.82 Å². The Balaban J connectivity index is 2.29. The van der Waals surface area contributed by atoms with E-state index >= 15 is 0 Å². The van der Waals surface area contributed by atoms with E-state index in [-0.39, 0.29) is 5.82 Å². The molecule has 1 aromatic heterocycles. The minimum Gasteiger partial charge on any atom is -0.380 e.